The first-order valence-corrected chi connectivity index (χ1v) is 8.91. The molecule has 3 aromatic carbocycles. The van der Waals surface area contributed by atoms with E-state index in [0.29, 0.717) is 12.1 Å². The Morgan fingerprint density at radius 2 is 1.57 bits per heavy atom. The van der Waals surface area contributed by atoms with Gasteiger partial charge in [0.25, 0.3) is 5.91 Å². The molecular weight excluding hydrogens is 354 g/mol. The van der Waals surface area contributed by atoms with Gasteiger partial charge in [0.15, 0.2) is 0 Å². The van der Waals surface area contributed by atoms with E-state index in [-0.39, 0.29) is 11.3 Å². The first-order chi connectivity index (χ1) is 13.5. The van der Waals surface area contributed by atoms with Crippen LogP contribution in [0.5, 0.6) is 5.75 Å². The molecule has 142 valence electrons. The molecule has 0 saturated carbocycles. The molecule has 1 unspecified atom stereocenters. The topological polar surface area (TPSA) is 75.6 Å². The summed E-state index contributed by atoms with van der Waals surface area (Å²) < 4.78 is 5.52. The number of esters is 1. The van der Waals surface area contributed by atoms with Crippen LogP contribution >= 0.6 is 0 Å². The van der Waals surface area contributed by atoms with Gasteiger partial charge >= 0.3 is 5.97 Å². The third kappa shape index (κ3) is 4.98. The molecule has 2 N–H and O–H groups in total. The summed E-state index contributed by atoms with van der Waals surface area (Å²) in [7, 11) is 0. The van der Waals surface area contributed by atoms with Crippen molar-refractivity contribution in [1.29, 1.82) is 0 Å². The molecule has 0 heterocycles. The number of nitrogens with one attached hydrogen (secondary N) is 1. The Kier molecular flexibility index (Phi) is 6.07. The SMILES string of the molecule is Cc1ccc(C(OC(=O)c2ccc(O)cc2)C(=O)NCc2ccccc2)cc1. The molecule has 0 aliphatic heterocycles. The van der Waals surface area contributed by atoms with Crippen LogP contribution in [-0.4, -0.2) is 17.0 Å². The van der Waals surface area contributed by atoms with Crippen molar-refractivity contribution in [3.05, 3.63) is 101 Å². The summed E-state index contributed by atoms with van der Waals surface area (Å²) in [6, 6.07) is 22.5. The quantitative estimate of drug-likeness (QED) is 0.641. The maximum atomic E-state index is 12.8. The monoisotopic (exact) mass is 375 g/mol. The van der Waals surface area contributed by atoms with Gasteiger partial charge in [-0.2, -0.15) is 0 Å². The number of rotatable bonds is 6. The third-order valence-electron chi connectivity index (χ3n) is 4.26. The highest BCUT2D eigenvalue weighted by atomic mass is 16.5. The van der Waals surface area contributed by atoms with Crippen molar-refractivity contribution in [2.24, 2.45) is 0 Å². The van der Waals surface area contributed by atoms with E-state index in [9.17, 15) is 14.7 Å². The van der Waals surface area contributed by atoms with E-state index in [2.05, 4.69) is 5.32 Å². The zero-order valence-electron chi connectivity index (χ0n) is 15.5. The van der Waals surface area contributed by atoms with E-state index < -0.39 is 18.0 Å². The molecular formula is C23H21NO4. The minimum Gasteiger partial charge on any atom is -0.508 e. The number of aromatic hydroxyl groups is 1. The van der Waals surface area contributed by atoms with Crippen LogP contribution in [0.1, 0.15) is 33.2 Å². The number of phenolic OH excluding ortho intramolecular Hbond substituents is 1. The lowest BCUT2D eigenvalue weighted by Crippen LogP contribution is -2.31. The highest BCUT2D eigenvalue weighted by Crippen LogP contribution is 2.21. The molecule has 0 fully saturated rings. The van der Waals surface area contributed by atoms with Crippen LogP contribution in [0.15, 0.2) is 78.9 Å². The fourth-order valence-corrected chi connectivity index (χ4v) is 2.66. The van der Waals surface area contributed by atoms with Crippen molar-refractivity contribution in [3.63, 3.8) is 0 Å². The minimum atomic E-state index is -1.08. The highest BCUT2D eigenvalue weighted by molar-refractivity contribution is 5.92. The van der Waals surface area contributed by atoms with Crippen LogP contribution in [0.2, 0.25) is 0 Å². The van der Waals surface area contributed by atoms with Gasteiger partial charge in [-0.3, -0.25) is 4.79 Å². The summed E-state index contributed by atoms with van der Waals surface area (Å²) in [4.78, 5) is 25.3. The normalized spacial score (nSPS) is 11.5. The van der Waals surface area contributed by atoms with Crippen molar-refractivity contribution >= 4 is 11.9 Å². The smallest absolute Gasteiger partial charge is 0.339 e. The fourth-order valence-electron chi connectivity index (χ4n) is 2.66. The largest absolute Gasteiger partial charge is 0.508 e. The van der Waals surface area contributed by atoms with Crippen LogP contribution in [0, 0.1) is 6.92 Å². The molecule has 0 aromatic heterocycles. The lowest BCUT2D eigenvalue weighted by molar-refractivity contribution is -0.130. The molecule has 0 aliphatic rings. The van der Waals surface area contributed by atoms with Gasteiger partial charge in [-0.05, 0) is 36.8 Å². The Bertz CT molecular complexity index is 935. The van der Waals surface area contributed by atoms with Gasteiger partial charge in [0.1, 0.15) is 5.75 Å². The van der Waals surface area contributed by atoms with Crippen LogP contribution in [0.3, 0.4) is 0 Å². The molecule has 3 aromatic rings. The highest BCUT2D eigenvalue weighted by Gasteiger charge is 2.25. The van der Waals surface area contributed by atoms with E-state index in [1.807, 2.05) is 49.4 Å². The van der Waals surface area contributed by atoms with Gasteiger partial charge in [-0.15, -0.1) is 0 Å². The molecule has 28 heavy (non-hydrogen) atoms. The second-order valence-corrected chi connectivity index (χ2v) is 6.45. The van der Waals surface area contributed by atoms with Crippen molar-refractivity contribution in [2.45, 2.75) is 19.6 Å². The average Bonchev–Trinajstić information content (AvgIpc) is 2.72. The van der Waals surface area contributed by atoms with Crippen molar-refractivity contribution < 1.29 is 19.4 Å². The lowest BCUT2D eigenvalue weighted by Gasteiger charge is -2.18. The third-order valence-corrected chi connectivity index (χ3v) is 4.26. The van der Waals surface area contributed by atoms with E-state index in [1.54, 1.807) is 12.1 Å². The van der Waals surface area contributed by atoms with E-state index >= 15 is 0 Å². The van der Waals surface area contributed by atoms with Crippen LogP contribution in [-0.2, 0) is 16.1 Å². The van der Waals surface area contributed by atoms with Crippen LogP contribution in [0.25, 0.3) is 0 Å². The first kappa shape index (κ1) is 19.2. The summed E-state index contributed by atoms with van der Waals surface area (Å²) in [6.45, 7) is 2.27. The fraction of sp³-hybridized carbons (Fsp3) is 0.130. The Labute approximate surface area is 163 Å². The van der Waals surface area contributed by atoms with Crippen molar-refractivity contribution in [1.82, 2.24) is 5.32 Å². The predicted octanol–water partition coefficient (Wildman–Crippen LogP) is 3.92. The zero-order chi connectivity index (χ0) is 19.9. The molecule has 1 atom stereocenters. The number of carbonyl (C=O) groups excluding carboxylic acids is 2. The maximum Gasteiger partial charge on any atom is 0.339 e. The number of carbonyl (C=O) groups is 2. The number of aryl methyl sites for hydroxylation is 1. The van der Waals surface area contributed by atoms with Gasteiger partial charge in [-0.25, -0.2) is 4.79 Å². The lowest BCUT2D eigenvalue weighted by atomic mass is 10.1. The van der Waals surface area contributed by atoms with Gasteiger partial charge < -0.3 is 15.2 Å². The van der Waals surface area contributed by atoms with E-state index in [1.165, 1.54) is 24.3 Å². The second kappa shape index (κ2) is 8.86. The van der Waals surface area contributed by atoms with Gasteiger partial charge in [0, 0.05) is 12.1 Å². The Balaban J connectivity index is 1.78. The predicted molar refractivity (Wildman–Crippen MR) is 106 cm³/mol. The van der Waals surface area contributed by atoms with E-state index in [0.717, 1.165) is 11.1 Å². The molecule has 0 aliphatic carbocycles. The van der Waals surface area contributed by atoms with Gasteiger partial charge in [-0.1, -0.05) is 60.2 Å². The van der Waals surface area contributed by atoms with E-state index in [4.69, 9.17) is 4.74 Å². The molecule has 0 radical (unpaired) electrons. The van der Waals surface area contributed by atoms with Gasteiger partial charge in [0.05, 0.1) is 5.56 Å². The number of amides is 1. The standard InChI is InChI=1S/C23H21NO4/c1-16-7-9-18(10-8-16)21(22(26)24-15-17-5-3-2-4-6-17)28-23(27)19-11-13-20(25)14-12-19/h2-14,21,25H,15H2,1H3,(H,24,26). The molecule has 0 spiro atoms. The summed E-state index contributed by atoms with van der Waals surface area (Å²) in [5.74, 6) is -0.993. The van der Waals surface area contributed by atoms with Crippen LogP contribution in [0.4, 0.5) is 0 Å². The minimum absolute atomic E-state index is 0.0484. The second-order valence-electron chi connectivity index (χ2n) is 6.45. The zero-order valence-corrected chi connectivity index (χ0v) is 15.5. The van der Waals surface area contributed by atoms with Crippen molar-refractivity contribution in [3.8, 4) is 5.75 Å². The Hall–Kier alpha value is -3.60. The maximum absolute atomic E-state index is 12.8. The Morgan fingerprint density at radius 3 is 2.21 bits per heavy atom. The molecule has 3 rings (SSSR count). The average molecular weight is 375 g/mol. The number of benzene rings is 3. The van der Waals surface area contributed by atoms with Gasteiger partial charge in [0.2, 0.25) is 6.10 Å². The number of phenols is 1. The molecule has 5 heteroatoms. The first-order valence-electron chi connectivity index (χ1n) is 8.91. The Morgan fingerprint density at radius 1 is 0.929 bits per heavy atom. The summed E-state index contributed by atoms with van der Waals surface area (Å²) in [5, 5.41) is 12.2. The molecule has 0 saturated heterocycles. The van der Waals surface area contributed by atoms with Crippen molar-refractivity contribution in [2.75, 3.05) is 0 Å². The number of ether oxygens (including phenoxy) is 1. The summed E-state index contributed by atoms with van der Waals surface area (Å²) >= 11 is 0. The molecule has 0 bridgehead atoms. The molecule has 5 nitrogen and oxygen atoms in total. The summed E-state index contributed by atoms with van der Waals surface area (Å²) in [6.07, 6.45) is -1.08. The number of hydrogen-bond donors (Lipinski definition) is 2. The van der Waals surface area contributed by atoms with Crippen LogP contribution < -0.4 is 5.32 Å². The summed E-state index contributed by atoms with van der Waals surface area (Å²) in [5.41, 5.74) is 2.83. The molecule has 1 amide bonds. The number of hydrogen-bond acceptors (Lipinski definition) is 4.